The third-order valence-corrected chi connectivity index (χ3v) is 4.82. The lowest BCUT2D eigenvalue weighted by Crippen LogP contribution is -2.49. The number of carbonyl (C=O) groups is 2. The van der Waals surface area contributed by atoms with E-state index in [1.165, 1.54) is 6.92 Å². The molecule has 0 bridgehead atoms. The number of fused-ring (bicyclic) bond motifs is 1. The van der Waals surface area contributed by atoms with Crippen LogP contribution in [0.3, 0.4) is 0 Å². The van der Waals surface area contributed by atoms with Crippen LogP contribution in [-0.4, -0.2) is 30.2 Å². The molecule has 6 nitrogen and oxygen atoms in total. The Balaban J connectivity index is 1.59. The van der Waals surface area contributed by atoms with E-state index in [9.17, 15) is 9.59 Å². The molecule has 0 saturated carbocycles. The summed E-state index contributed by atoms with van der Waals surface area (Å²) in [5.74, 6) is -0.0733. The predicted octanol–water partition coefficient (Wildman–Crippen LogP) is 3.37. The number of hydrazone groups is 1. The molecule has 0 aromatic heterocycles. The van der Waals surface area contributed by atoms with Crippen molar-refractivity contribution in [2.45, 2.75) is 13.0 Å². The number of para-hydroxylation sites is 2. The zero-order valence-corrected chi connectivity index (χ0v) is 16.5. The third-order valence-electron chi connectivity index (χ3n) is 4.82. The zero-order chi connectivity index (χ0) is 20.9. The van der Waals surface area contributed by atoms with Gasteiger partial charge in [-0.05, 0) is 12.1 Å². The highest BCUT2D eigenvalue weighted by atomic mass is 16.5. The molecule has 0 saturated heterocycles. The second kappa shape index (κ2) is 8.61. The Morgan fingerprint density at radius 3 is 2.07 bits per heavy atom. The van der Waals surface area contributed by atoms with Gasteiger partial charge in [-0.3, -0.25) is 9.59 Å². The van der Waals surface area contributed by atoms with Crippen LogP contribution in [0.5, 0.6) is 5.75 Å². The summed E-state index contributed by atoms with van der Waals surface area (Å²) in [7, 11) is 0. The van der Waals surface area contributed by atoms with Crippen molar-refractivity contribution >= 4 is 23.2 Å². The topological polar surface area (TPSA) is 71.0 Å². The molecule has 150 valence electrons. The summed E-state index contributed by atoms with van der Waals surface area (Å²) >= 11 is 0. The minimum Gasteiger partial charge on any atom is -0.476 e. The number of ether oxygens (including phenoxy) is 1. The molecular formula is C24H21N3O3. The van der Waals surface area contributed by atoms with E-state index in [4.69, 9.17) is 4.74 Å². The van der Waals surface area contributed by atoms with Crippen LogP contribution in [-0.2, 0) is 9.59 Å². The molecule has 0 fully saturated rings. The summed E-state index contributed by atoms with van der Waals surface area (Å²) in [6, 6.07) is 26.4. The molecule has 1 atom stereocenters. The Bertz CT molecular complexity index is 1040. The van der Waals surface area contributed by atoms with E-state index in [0.717, 1.165) is 11.1 Å². The Morgan fingerprint density at radius 2 is 1.47 bits per heavy atom. The first-order valence-electron chi connectivity index (χ1n) is 9.65. The monoisotopic (exact) mass is 399 g/mol. The van der Waals surface area contributed by atoms with Crippen LogP contribution in [0.1, 0.15) is 18.1 Å². The first-order valence-corrected chi connectivity index (χ1v) is 9.65. The predicted molar refractivity (Wildman–Crippen MR) is 116 cm³/mol. The second-order valence-corrected chi connectivity index (χ2v) is 6.87. The fraction of sp³-hybridized carbons (Fsp3) is 0.125. The Labute approximate surface area is 174 Å². The SMILES string of the molecule is CC(=O)N1CC(C(=O)NN=C(c2ccccc2)c2ccccc2)Oc2ccccc21. The first-order chi connectivity index (χ1) is 14.6. The molecule has 3 aromatic carbocycles. The summed E-state index contributed by atoms with van der Waals surface area (Å²) < 4.78 is 5.84. The lowest BCUT2D eigenvalue weighted by atomic mass is 10.0. The van der Waals surface area contributed by atoms with Gasteiger partial charge in [0.05, 0.1) is 17.9 Å². The van der Waals surface area contributed by atoms with E-state index in [1.54, 1.807) is 23.1 Å². The molecule has 1 aliphatic heterocycles. The van der Waals surface area contributed by atoms with Crippen molar-refractivity contribution in [1.29, 1.82) is 0 Å². The van der Waals surface area contributed by atoms with E-state index in [2.05, 4.69) is 10.5 Å². The van der Waals surface area contributed by atoms with E-state index < -0.39 is 12.0 Å². The lowest BCUT2D eigenvalue weighted by molar-refractivity contribution is -0.128. The van der Waals surface area contributed by atoms with Crippen molar-refractivity contribution < 1.29 is 14.3 Å². The normalized spacial score (nSPS) is 14.8. The van der Waals surface area contributed by atoms with Crippen LogP contribution >= 0.6 is 0 Å². The maximum atomic E-state index is 12.9. The molecule has 0 spiro atoms. The molecule has 0 radical (unpaired) electrons. The van der Waals surface area contributed by atoms with Gasteiger partial charge in [-0.25, -0.2) is 5.43 Å². The molecule has 4 rings (SSSR count). The van der Waals surface area contributed by atoms with E-state index in [0.29, 0.717) is 17.1 Å². The number of amides is 2. The van der Waals surface area contributed by atoms with Gasteiger partial charge in [-0.15, -0.1) is 0 Å². The Morgan fingerprint density at radius 1 is 0.900 bits per heavy atom. The molecule has 30 heavy (non-hydrogen) atoms. The minimum atomic E-state index is -0.861. The van der Waals surface area contributed by atoms with Crippen molar-refractivity contribution in [3.05, 3.63) is 96.1 Å². The van der Waals surface area contributed by atoms with Crippen LogP contribution in [0.25, 0.3) is 0 Å². The number of hydrogen-bond donors (Lipinski definition) is 1. The van der Waals surface area contributed by atoms with Gasteiger partial charge in [0.15, 0.2) is 6.10 Å². The molecule has 1 heterocycles. The number of nitrogens with one attached hydrogen (secondary N) is 1. The summed E-state index contributed by atoms with van der Waals surface area (Å²) in [6.45, 7) is 1.60. The van der Waals surface area contributed by atoms with Gasteiger partial charge in [0.1, 0.15) is 5.75 Å². The fourth-order valence-corrected chi connectivity index (χ4v) is 3.34. The molecule has 1 unspecified atom stereocenters. The van der Waals surface area contributed by atoms with Crippen molar-refractivity contribution in [2.24, 2.45) is 5.10 Å². The third kappa shape index (κ3) is 4.07. The minimum absolute atomic E-state index is 0.125. The van der Waals surface area contributed by atoms with Gasteiger partial charge in [0, 0.05) is 18.1 Å². The first kappa shape index (κ1) is 19.4. The largest absolute Gasteiger partial charge is 0.476 e. The van der Waals surface area contributed by atoms with Gasteiger partial charge >= 0.3 is 0 Å². The fourth-order valence-electron chi connectivity index (χ4n) is 3.34. The van der Waals surface area contributed by atoms with E-state index in [-0.39, 0.29) is 12.5 Å². The van der Waals surface area contributed by atoms with Gasteiger partial charge in [0.25, 0.3) is 5.91 Å². The number of carbonyl (C=O) groups excluding carboxylic acids is 2. The summed E-state index contributed by atoms with van der Waals surface area (Å²) in [4.78, 5) is 26.5. The second-order valence-electron chi connectivity index (χ2n) is 6.87. The number of anilines is 1. The van der Waals surface area contributed by atoms with Crippen molar-refractivity contribution in [1.82, 2.24) is 5.43 Å². The zero-order valence-electron chi connectivity index (χ0n) is 16.5. The van der Waals surface area contributed by atoms with Gasteiger partial charge < -0.3 is 9.64 Å². The average molecular weight is 399 g/mol. The molecule has 2 amide bonds. The molecule has 0 aliphatic carbocycles. The number of nitrogens with zero attached hydrogens (tertiary/aromatic N) is 2. The molecule has 6 heteroatoms. The Hall–Kier alpha value is -3.93. The molecule has 3 aromatic rings. The van der Waals surface area contributed by atoms with Crippen LogP contribution < -0.4 is 15.1 Å². The smallest absolute Gasteiger partial charge is 0.283 e. The quantitative estimate of drug-likeness (QED) is 0.540. The maximum Gasteiger partial charge on any atom is 0.283 e. The summed E-state index contributed by atoms with van der Waals surface area (Å²) in [6.07, 6.45) is -0.861. The molecule has 1 N–H and O–H groups in total. The van der Waals surface area contributed by atoms with E-state index in [1.807, 2.05) is 66.7 Å². The van der Waals surface area contributed by atoms with Crippen molar-refractivity contribution in [2.75, 3.05) is 11.4 Å². The average Bonchev–Trinajstić information content (AvgIpc) is 2.79. The molecule has 1 aliphatic rings. The van der Waals surface area contributed by atoms with E-state index >= 15 is 0 Å². The van der Waals surface area contributed by atoms with Crippen LogP contribution in [0.2, 0.25) is 0 Å². The number of benzene rings is 3. The summed E-state index contributed by atoms with van der Waals surface area (Å²) in [5.41, 5.74) is 5.69. The van der Waals surface area contributed by atoms with Gasteiger partial charge in [0.2, 0.25) is 5.91 Å². The highest BCUT2D eigenvalue weighted by Crippen LogP contribution is 2.33. The maximum absolute atomic E-state index is 12.9. The van der Waals surface area contributed by atoms with Crippen LogP contribution in [0, 0.1) is 0 Å². The lowest BCUT2D eigenvalue weighted by Gasteiger charge is -2.33. The van der Waals surface area contributed by atoms with Gasteiger partial charge in [-0.1, -0.05) is 72.8 Å². The van der Waals surface area contributed by atoms with Crippen LogP contribution in [0.4, 0.5) is 5.69 Å². The highest BCUT2D eigenvalue weighted by Gasteiger charge is 2.32. The molecular weight excluding hydrogens is 378 g/mol. The summed E-state index contributed by atoms with van der Waals surface area (Å²) in [5, 5.41) is 4.40. The van der Waals surface area contributed by atoms with Crippen molar-refractivity contribution in [3.8, 4) is 5.75 Å². The number of hydrogen-bond acceptors (Lipinski definition) is 4. The Kier molecular flexibility index (Phi) is 5.57. The number of rotatable bonds is 4. The highest BCUT2D eigenvalue weighted by molar-refractivity contribution is 6.13. The van der Waals surface area contributed by atoms with Gasteiger partial charge in [-0.2, -0.15) is 5.10 Å². The standard InChI is InChI=1S/C24H21N3O3/c1-17(28)27-16-22(30-21-15-9-8-14-20(21)27)24(29)26-25-23(18-10-4-2-5-11-18)19-12-6-3-7-13-19/h2-15,22H,16H2,1H3,(H,26,29). The van der Waals surface area contributed by atoms with Crippen molar-refractivity contribution in [3.63, 3.8) is 0 Å². The van der Waals surface area contributed by atoms with Crippen LogP contribution in [0.15, 0.2) is 90.0 Å².